The molecule has 0 aliphatic heterocycles. The lowest BCUT2D eigenvalue weighted by Crippen LogP contribution is -2.00. The van der Waals surface area contributed by atoms with E-state index in [1.807, 2.05) is 12.3 Å². The first-order valence-electron chi connectivity index (χ1n) is 6.11. The van der Waals surface area contributed by atoms with Crippen LogP contribution >= 0.6 is 11.3 Å². The summed E-state index contributed by atoms with van der Waals surface area (Å²) in [4.78, 5) is 15.6. The van der Waals surface area contributed by atoms with Crippen molar-refractivity contribution in [3.63, 3.8) is 0 Å². The number of esters is 1. The summed E-state index contributed by atoms with van der Waals surface area (Å²) in [5.74, 6) is -0.381. The van der Waals surface area contributed by atoms with Crippen LogP contribution < -0.4 is 5.32 Å². The van der Waals surface area contributed by atoms with Gasteiger partial charge in [-0.1, -0.05) is 0 Å². The molecule has 0 aliphatic carbocycles. The molecule has 21 heavy (non-hydrogen) atoms. The maximum Gasteiger partial charge on any atom is 0.337 e. The maximum atomic E-state index is 11.3. The summed E-state index contributed by atoms with van der Waals surface area (Å²) in [6.07, 6.45) is 1.60. The number of nitrogens with zero attached hydrogens (tertiary/aromatic N) is 2. The van der Waals surface area contributed by atoms with E-state index in [-0.39, 0.29) is 5.97 Å². The van der Waals surface area contributed by atoms with Crippen molar-refractivity contribution in [2.24, 2.45) is 0 Å². The van der Waals surface area contributed by atoms with E-state index in [1.165, 1.54) is 18.4 Å². The number of carbonyl (C=O) groups is 1. The predicted octanol–water partition coefficient (Wildman–Crippen LogP) is 3.21. The molecule has 2 aromatic rings. The molecule has 5 nitrogen and oxygen atoms in total. The van der Waals surface area contributed by atoms with Gasteiger partial charge in [-0.15, -0.1) is 11.3 Å². The Bertz CT molecular complexity index is 711. The Kier molecular flexibility index (Phi) is 4.69. The lowest BCUT2D eigenvalue weighted by molar-refractivity contribution is 0.0601. The predicted molar refractivity (Wildman–Crippen MR) is 81.8 cm³/mol. The highest BCUT2D eigenvalue weighted by Crippen LogP contribution is 2.19. The van der Waals surface area contributed by atoms with Gasteiger partial charge in [-0.2, -0.15) is 5.26 Å². The number of allylic oxidation sites excluding steroid dienone is 1. The number of hydrogen-bond donors (Lipinski definition) is 1. The van der Waals surface area contributed by atoms with Gasteiger partial charge in [-0.3, -0.25) is 0 Å². The summed E-state index contributed by atoms with van der Waals surface area (Å²) in [7, 11) is 1.34. The minimum atomic E-state index is -0.381. The van der Waals surface area contributed by atoms with E-state index in [2.05, 4.69) is 21.1 Å². The number of aryl methyl sites for hydroxylation is 1. The highest BCUT2D eigenvalue weighted by atomic mass is 32.1. The molecule has 6 heteroatoms. The molecule has 1 aromatic heterocycles. The zero-order chi connectivity index (χ0) is 15.2. The van der Waals surface area contributed by atoms with Crippen LogP contribution in [0.2, 0.25) is 0 Å². The van der Waals surface area contributed by atoms with Gasteiger partial charge in [-0.05, 0) is 31.2 Å². The van der Waals surface area contributed by atoms with Crippen molar-refractivity contribution in [1.29, 1.82) is 5.26 Å². The van der Waals surface area contributed by atoms with E-state index < -0.39 is 0 Å². The van der Waals surface area contributed by atoms with Crippen molar-refractivity contribution < 1.29 is 9.53 Å². The Morgan fingerprint density at radius 3 is 2.67 bits per heavy atom. The van der Waals surface area contributed by atoms with Crippen molar-refractivity contribution >= 4 is 28.6 Å². The number of anilines is 1. The molecule has 106 valence electrons. The van der Waals surface area contributed by atoms with Gasteiger partial charge in [0.25, 0.3) is 0 Å². The van der Waals surface area contributed by atoms with Crippen LogP contribution in [-0.2, 0) is 4.74 Å². The second-order valence-electron chi connectivity index (χ2n) is 4.18. The van der Waals surface area contributed by atoms with Crippen molar-refractivity contribution in [1.82, 2.24) is 4.98 Å². The number of nitrogens with one attached hydrogen (secondary N) is 1. The Hall–Kier alpha value is -2.65. The van der Waals surface area contributed by atoms with Crippen LogP contribution in [0.5, 0.6) is 0 Å². The van der Waals surface area contributed by atoms with E-state index in [0.717, 1.165) is 11.4 Å². The van der Waals surface area contributed by atoms with Crippen molar-refractivity contribution in [2.45, 2.75) is 6.92 Å². The summed E-state index contributed by atoms with van der Waals surface area (Å²) in [5, 5.41) is 14.7. The zero-order valence-corrected chi connectivity index (χ0v) is 12.4. The smallest absolute Gasteiger partial charge is 0.337 e. The van der Waals surface area contributed by atoms with Crippen LogP contribution in [0.4, 0.5) is 5.69 Å². The number of carbonyl (C=O) groups excluding carboxylic acids is 1. The largest absolute Gasteiger partial charge is 0.465 e. The van der Waals surface area contributed by atoms with Crippen molar-refractivity contribution in [2.75, 3.05) is 12.4 Å². The van der Waals surface area contributed by atoms with Crippen LogP contribution in [0.15, 0.2) is 35.8 Å². The van der Waals surface area contributed by atoms with E-state index in [9.17, 15) is 4.79 Å². The summed E-state index contributed by atoms with van der Waals surface area (Å²) >= 11 is 1.42. The normalized spacial score (nSPS) is 10.8. The number of rotatable bonds is 4. The monoisotopic (exact) mass is 299 g/mol. The first-order valence-corrected chi connectivity index (χ1v) is 6.99. The summed E-state index contributed by atoms with van der Waals surface area (Å²) < 4.78 is 4.63. The molecule has 0 spiro atoms. The Labute approximate surface area is 126 Å². The molecule has 2 rings (SSSR count). The van der Waals surface area contributed by atoms with E-state index in [1.54, 1.807) is 30.5 Å². The molecule has 0 bridgehead atoms. The number of aromatic nitrogens is 1. The second kappa shape index (κ2) is 6.68. The van der Waals surface area contributed by atoms with Gasteiger partial charge >= 0.3 is 5.97 Å². The SMILES string of the molecule is COC(=O)c1ccc(N/C=C(\C#N)c2nc(C)cs2)cc1. The average molecular weight is 299 g/mol. The molecular formula is C15H13N3O2S. The van der Waals surface area contributed by atoms with Crippen LogP contribution in [-0.4, -0.2) is 18.1 Å². The number of benzene rings is 1. The Morgan fingerprint density at radius 1 is 1.43 bits per heavy atom. The number of thiazole rings is 1. The fraction of sp³-hybridized carbons (Fsp3) is 0.133. The molecule has 0 saturated heterocycles. The number of methoxy groups -OCH3 is 1. The maximum absolute atomic E-state index is 11.3. The minimum Gasteiger partial charge on any atom is -0.465 e. The first-order chi connectivity index (χ1) is 10.1. The van der Waals surface area contributed by atoms with E-state index >= 15 is 0 Å². The standard InChI is InChI=1S/C15H13N3O2S/c1-10-9-21-14(18-10)12(7-16)8-17-13-5-3-11(4-6-13)15(19)20-2/h3-6,8-9,17H,1-2H3/b12-8+. The van der Waals surface area contributed by atoms with Gasteiger partial charge in [-0.25, -0.2) is 9.78 Å². The molecule has 0 atom stereocenters. The number of hydrogen-bond acceptors (Lipinski definition) is 6. The van der Waals surface area contributed by atoms with Crippen LogP contribution in [0.3, 0.4) is 0 Å². The van der Waals surface area contributed by atoms with Gasteiger partial charge in [0, 0.05) is 23.0 Å². The van der Waals surface area contributed by atoms with Crippen molar-refractivity contribution in [3.8, 4) is 6.07 Å². The minimum absolute atomic E-state index is 0.381. The van der Waals surface area contributed by atoms with Gasteiger partial charge in [0.15, 0.2) is 0 Å². The van der Waals surface area contributed by atoms with Gasteiger partial charge in [0.2, 0.25) is 0 Å². The average Bonchev–Trinajstić information content (AvgIpc) is 2.94. The Morgan fingerprint density at radius 2 is 2.14 bits per heavy atom. The third-order valence-corrected chi connectivity index (χ3v) is 3.65. The molecule has 1 heterocycles. The summed E-state index contributed by atoms with van der Waals surface area (Å²) in [5.41, 5.74) is 2.59. The summed E-state index contributed by atoms with van der Waals surface area (Å²) in [6.45, 7) is 1.88. The molecule has 0 saturated carbocycles. The van der Waals surface area contributed by atoms with Crippen LogP contribution in [0.1, 0.15) is 21.1 Å². The summed E-state index contributed by atoms with van der Waals surface area (Å²) in [6, 6.07) is 8.90. The first kappa shape index (κ1) is 14.8. The third-order valence-electron chi connectivity index (χ3n) is 2.66. The number of ether oxygens (including phenoxy) is 1. The van der Waals surface area contributed by atoms with Gasteiger partial charge in [0.05, 0.1) is 12.7 Å². The topological polar surface area (TPSA) is 75.0 Å². The molecule has 0 radical (unpaired) electrons. The fourth-order valence-corrected chi connectivity index (χ4v) is 2.36. The van der Waals surface area contributed by atoms with E-state index in [4.69, 9.17) is 5.26 Å². The highest BCUT2D eigenvalue weighted by Gasteiger charge is 2.06. The molecule has 0 fully saturated rings. The van der Waals surface area contributed by atoms with Gasteiger partial charge < -0.3 is 10.1 Å². The molecule has 0 amide bonds. The third kappa shape index (κ3) is 3.68. The second-order valence-corrected chi connectivity index (χ2v) is 5.04. The van der Waals surface area contributed by atoms with Gasteiger partial charge in [0.1, 0.15) is 16.6 Å². The molecule has 0 unspecified atom stereocenters. The molecule has 1 N–H and O–H groups in total. The van der Waals surface area contributed by atoms with E-state index in [0.29, 0.717) is 16.1 Å². The molecular weight excluding hydrogens is 286 g/mol. The van der Waals surface area contributed by atoms with Crippen molar-refractivity contribution in [3.05, 3.63) is 52.1 Å². The lowest BCUT2D eigenvalue weighted by Gasteiger charge is -2.03. The molecule has 1 aromatic carbocycles. The number of nitriles is 1. The van der Waals surface area contributed by atoms with Crippen LogP contribution in [0.25, 0.3) is 5.57 Å². The fourth-order valence-electron chi connectivity index (χ4n) is 1.60. The zero-order valence-electron chi connectivity index (χ0n) is 11.6. The molecule has 0 aliphatic rings. The quantitative estimate of drug-likeness (QED) is 0.693. The highest BCUT2D eigenvalue weighted by molar-refractivity contribution is 7.10. The Balaban J connectivity index is 2.12. The lowest BCUT2D eigenvalue weighted by atomic mass is 10.2. The van der Waals surface area contributed by atoms with Crippen LogP contribution in [0, 0.1) is 18.3 Å².